The lowest BCUT2D eigenvalue weighted by atomic mass is 10.1. The lowest BCUT2D eigenvalue weighted by Gasteiger charge is -2.15. The molecule has 34 heavy (non-hydrogen) atoms. The van der Waals surface area contributed by atoms with Crippen LogP contribution in [0.15, 0.2) is 12.2 Å². The Morgan fingerprint density at radius 2 is 1.15 bits per heavy atom. The van der Waals surface area contributed by atoms with Crippen LogP contribution in [0.2, 0.25) is 0 Å². The molecule has 0 rings (SSSR count). The molecule has 0 aromatic rings. The molecule has 0 aliphatic carbocycles. The van der Waals surface area contributed by atoms with Gasteiger partial charge in [0.25, 0.3) is 0 Å². The van der Waals surface area contributed by atoms with Crippen LogP contribution in [-0.2, 0) is 14.3 Å². The fourth-order valence-corrected chi connectivity index (χ4v) is 4.08. The van der Waals surface area contributed by atoms with Crippen LogP contribution in [0.1, 0.15) is 149 Å². The number of rotatable bonds is 27. The van der Waals surface area contributed by atoms with Crippen molar-refractivity contribution < 1.29 is 19.4 Å². The molecule has 0 amide bonds. The van der Waals surface area contributed by atoms with E-state index in [9.17, 15) is 9.90 Å². The minimum Gasteiger partial charge on any atom is -0.457 e. The summed E-state index contributed by atoms with van der Waals surface area (Å²) in [6, 6.07) is 0. The molecular weight excluding hydrogens is 424 g/mol. The van der Waals surface area contributed by atoms with Gasteiger partial charge in [0.05, 0.1) is 13.2 Å². The highest BCUT2D eigenvalue weighted by Gasteiger charge is 2.13. The molecule has 4 nitrogen and oxygen atoms in total. The highest BCUT2D eigenvalue weighted by atomic mass is 16.6. The minimum absolute atomic E-state index is 0.171. The predicted molar refractivity (Wildman–Crippen MR) is 145 cm³/mol. The number of hydrogen-bond acceptors (Lipinski definition) is 4. The highest BCUT2D eigenvalue weighted by Crippen LogP contribution is 2.11. The van der Waals surface area contributed by atoms with Crippen molar-refractivity contribution in [3.05, 3.63) is 12.2 Å². The molecule has 1 unspecified atom stereocenters. The average Bonchev–Trinajstić information content (AvgIpc) is 2.84. The van der Waals surface area contributed by atoms with Gasteiger partial charge in [-0.2, -0.15) is 0 Å². The Hall–Kier alpha value is -0.870. The maximum absolute atomic E-state index is 12.0. The number of esters is 1. The Labute approximate surface area is 212 Å². The summed E-state index contributed by atoms with van der Waals surface area (Å²) < 4.78 is 11.0. The Kier molecular flexibility index (Phi) is 27.6. The summed E-state index contributed by atoms with van der Waals surface area (Å²) in [7, 11) is 0. The van der Waals surface area contributed by atoms with Crippen molar-refractivity contribution >= 4 is 5.97 Å². The van der Waals surface area contributed by atoms with Crippen LogP contribution in [0.5, 0.6) is 0 Å². The second kappa shape index (κ2) is 28.4. The molecule has 0 spiro atoms. The highest BCUT2D eigenvalue weighted by molar-refractivity contribution is 5.69. The van der Waals surface area contributed by atoms with Crippen molar-refractivity contribution in [3.63, 3.8) is 0 Å². The van der Waals surface area contributed by atoms with Crippen molar-refractivity contribution in [2.75, 3.05) is 19.8 Å². The summed E-state index contributed by atoms with van der Waals surface area (Å²) in [5.74, 6) is -0.212. The van der Waals surface area contributed by atoms with Crippen molar-refractivity contribution in [1.82, 2.24) is 0 Å². The van der Waals surface area contributed by atoms with E-state index in [1.807, 2.05) is 0 Å². The van der Waals surface area contributed by atoms with Gasteiger partial charge in [-0.05, 0) is 38.5 Å². The molecule has 0 bridgehead atoms. The zero-order valence-corrected chi connectivity index (χ0v) is 22.9. The third-order valence-corrected chi connectivity index (χ3v) is 6.34. The third kappa shape index (κ3) is 25.7. The number of ether oxygens (including phenoxy) is 2. The van der Waals surface area contributed by atoms with Crippen molar-refractivity contribution in [3.8, 4) is 0 Å². The molecule has 0 aromatic heterocycles. The van der Waals surface area contributed by atoms with Crippen LogP contribution in [0.3, 0.4) is 0 Å². The molecule has 0 aliphatic rings. The molecule has 0 saturated heterocycles. The van der Waals surface area contributed by atoms with E-state index in [0.717, 1.165) is 19.3 Å². The summed E-state index contributed by atoms with van der Waals surface area (Å²) in [6.45, 7) is 5.30. The van der Waals surface area contributed by atoms with Crippen LogP contribution >= 0.6 is 0 Å². The van der Waals surface area contributed by atoms with E-state index in [4.69, 9.17) is 9.47 Å². The van der Waals surface area contributed by atoms with Gasteiger partial charge in [0.1, 0.15) is 6.10 Å². The lowest BCUT2D eigenvalue weighted by Crippen LogP contribution is -2.27. The van der Waals surface area contributed by atoms with Gasteiger partial charge in [0.2, 0.25) is 0 Å². The smallest absolute Gasteiger partial charge is 0.306 e. The zero-order valence-electron chi connectivity index (χ0n) is 22.9. The molecule has 0 aromatic carbocycles. The lowest BCUT2D eigenvalue weighted by molar-refractivity contribution is -0.154. The fraction of sp³-hybridized carbons (Fsp3) is 0.900. The van der Waals surface area contributed by atoms with Gasteiger partial charge >= 0.3 is 5.97 Å². The first kappa shape index (κ1) is 33.1. The maximum atomic E-state index is 12.0. The molecular formula is C30H58O4. The molecule has 1 N–H and O–H groups in total. The van der Waals surface area contributed by atoms with Gasteiger partial charge < -0.3 is 14.6 Å². The second-order valence-electron chi connectivity index (χ2n) is 9.82. The normalized spacial score (nSPS) is 12.4. The number of aliphatic hydroxyl groups is 1. The predicted octanol–water partition coefficient (Wildman–Crippen LogP) is 8.70. The maximum Gasteiger partial charge on any atom is 0.306 e. The van der Waals surface area contributed by atoms with E-state index < -0.39 is 6.10 Å². The number of carbonyl (C=O) groups is 1. The van der Waals surface area contributed by atoms with E-state index in [1.165, 1.54) is 109 Å². The standard InChI is InChI=1S/C30H58O4/c1-3-5-7-9-11-12-13-14-15-16-17-18-19-21-23-25-30(32)34-29(27-31)28-33-26-24-22-20-10-8-6-4-2/h14-15,29,31H,3-13,16-28H2,1-2H3/b15-14-. The monoisotopic (exact) mass is 482 g/mol. The van der Waals surface area contributed by atoms with Gasteiger partial charge in [0, 0.05) is 13.0 Å². The molecule has 4 heteroatoms. The van der Waals surface area contributed by atoms with Gasteiger partial charge in [0.15, 0.2) is 0 Å². The first-order valence-corrected chi connectivity index (χ1v) is 14.8. The van der Waals surface area contributed by atoms with E-state index in [1.54, 1.807) is 0 Å². The number of carbonyl (C=O) groups excluding carboxylic acids is 1. The Bertz CT molecular complexity index is 436. The quantitative estimate of drug-likeness (QED) is 0.0722. The summed E-state index contributed by atoms with van der Waals surface area (Å²) in [4.78, 5) is 12.0. The summed E-state index contributed by atoms with van der Waals surface area (Å²) in [5.41, 5.74) is 0. The second-order valence-corrected chi connectivity index (χ2v) is 9.82. The Morgan fingerprint density at radius 1 is 0.676 bits per heavy atom. The molecule has 1 atom stereocenters. The molecule has 0 radical (unpaired) electrons. The van der Waals surface area contributed by atoms with E-state index in [0.29, 0.717) is 19.6 Å². The first-order valence-electron chi connectivity index (χ1n) is 14.8. The van der Waals surface area contributed by atoms with Crippen molar-refractivity contribution in [2.24, 2.45) is 0 Å². The molecule has 0 heterocycles. The Morgan fingerprint density at radius 3 is 1.68 bits per heavy atom. The number of aliphatic hydroxyl groups excluding tert-OH is 1. The topological polar surface area (TPSA) is 55.8 Å². The van der Waals surface area contributed by atoms with Gasteiger partial charge in [-0.3, -0.25) is 4.79 Å². The van der Waals surface area contributed by atoms with Crippen molar-refractivity contribution in [1.29, 1.82) is 0 Å². The van der Waals surface area contributed by atoms with Gasteiger partial charge in [-0.1, -0.05) is 116 Å². The summed E-state index contributed by atoms with van der Waals surface area (Å²) >= 11 is 0. The van der Waals surface area contributed by atoms with E-state index in [2.05, 4.69) is 26.0 Å². The van der Waals surface area contributed by atoms with Crippen LogP contribution in [0.25, 0.3) is 0 Å². The van der Waals surface area contributed by atoms with E-state index >= 15 is 0 Å². The first-order chi connectivity index (χ1) is 16.7. The number of allylic oxidation sites excluding steroid dienone is 2. The zero-order chi connectivity index (χ0) is 25.0. The number of unbranched alkanes of at least 4 members (excludes halogenated alkanes) is 17. The largest absolute Gasteiger partial charge is 0.457 e. The SMILES string of the molecule is CCCCCCCC/C=C\CCCCCCCC(=O)OC(CO)COCCCCCCCCC. The molecule has 0 saturated carbocycles. The van der Waals surface area contributed by atoms with Crippen LogP contribution < -0.4 is 0 Å². The fourth-order valence-electron chi connectivity index (χ4n) is 4.08. The molecule has 202 valence electrons. The van der Waals surface area contributed by atoms with Gasteiger partial charge in [-0.15, -0.1) is 0 Å². The average molecular weight is 483 g/mol. The van der Waals surface area contributed by atoms with Crippen LogP contribution in [0, 0.1) is 0 Å². The van der Waals surface area contributed by atoms with E-state index in [-0.39, 0.29) is 12.6 Å². The molecule has 0 fully saturated rings. The molecule has 0 aliphatic heterocycles. The minimum atomic E-state index is -0.528. The van der Waals surface area contributed by atoms with Crippen LogP contribution in [0.4, 0.5) is 0 Å². The summed E-state index contributed by atoms with van der Waals surface area (Å²) in [5, 5.41) is 9.44. The third-order valence-electron chi connectivity index (χ3n) is 6.34. The number of hydrogen-bond donors (Lipinski definition) is 1. The van der Waals surface area contributed by atoms with Crippen LogP contribution in [-0.4, -0.2) is 37.0 Å². The summed E-state index contributed by atoms with van der Waals surface area (Å²) in [6.07, 6.45) is 29.5. The van der Waals surface area contributed by atoms with Crippen molar-refractivity contribution in [2.45, 2.75) is 155 Å². The Balaban J connectivity index is 3.46. The van der Waals surface area contributed by atoms with Gasteiger partial charge in [-0.25, -0.2) is 0 Å².